The van der Waals surface area contributed by atoms with E-state index in [-0.39, 0.29) is 5.91 Å². The van der Waals surface area contributed by atoms with Crippen molar-refractivity contribution in [2.75, 3.05) is 0 Å². The van der Waals surface area contributed by atoms with E-state index in [1.165, 1.54) is 16.9 Å². The van der Waals surface area contributed by atoms with E-state index in [4.69, 9.17) is 6.42 Å². The topological polar surface area (TPSA) is 34.4 Å². The second-order valence-corrected chi connectivity index (χ2v) is 7.88. The molecule has 0 saturated heterocycles. The van der Waals surface area contributed by atoms with Crippen LogP contribution in [0.2, 0.25) is 0 Å². The van der Waals surface area contributed by atoms with Crippen molar-refractivity contribution in [3.05, 3.63) is 99.9 Å². The Hall–Kier alpha value is -3.42. The van der Waals surface area contributed by atoms with E-state index in [9.17, 15) is 4.79 Å². The summed E-state index contributed by atoms with van der Waals surface area (Å²) in [4.78, 5) is 17.8. The van der Waals surface area contributed by atoms with Gasteiger partial charge in [-0.3, -0.25) is 4.79 Å². The number of aromatic nitrogens is 1. The third kappa shape index (κ3) is 4.06. The number of hydrogen-bond acceptors (Lipinski definition) is 2. The highest BCUT2D eigenvalue weighted by Gasteiger charge is 2.10. The summed E-state index contributed by atoms with van der Waals surface area (Å²) >= 11 is 1.49. The standard InChI is InChI=1S/C25H20N2OS/c1-3-16-27-23-18(2)8-7-11-22(23)29-25(27)26-24(28)21-14-12-20(13-15-21)17-19-9-5-4-6-10-19/h1,4-15H,16-17H2,2H3. The molecular formula is C25H20N2OS. The van der Waals surface area contributed by atoms with E-state index in [2.05, 4.69) is 23.0 Å². The summed E-state index contributed by atoms with van der Waals surface area (Å²) in [5.41, 5.74) is 5.14. The van der Waals surface area contributed by atoms with Crippen LogP contribution in [0.1, 0.15) is 27.0 Å². The molecule has 0 spiro atoms. The molecule has 4 heteroatoms. The molecule has 0 atom stereocenters. The summed E-state index contributed by atoms with van der Waals surface area (Å²) in [7, 11) is 0. The van der Waals surface area contributed by atoms with Crippen LogP contribution in [0.15, 0.2) is 77.8 Å². The van der Waals surface area contributed by atoms with Crippen molar-refractivity contribution in [1.29, 1.82) is 0 Å². The van der Waals surface area contributed by atoms with Crippen LogP contribution >= 0.6 is 11.3 Å². The molecule has 1 heterocycles. The van der Waals surface area contributed by atoms with Gasteiger partial charge in [-0.1, -0.05) is 71.9 Å². The van der Waals surface area contributed by atoms with Gasteiger partial charge in [0, 0.05) is 5.56 Å². The molecule has 0 radical (unpaired) electrons. The predicted molar refractivity (Wildman–Crippen MR) is 119 cm³/mol. The highest BCUT2D eigenvalue weighted by Crippen LogP contribution is 2.21. The molecule has 1 amide bonds. The Morgan fingerprint density at radius 1 is 1.00 bits per heavy atom. The third-order valence-electron chi connectivity index (χ3n) is 4.80. The zero-order valence-corrected chi connectivity index (χ0v) is 16.9. The maximum Gasteiger partial charge on any atom is 0.279 e. The number of carbonyl (C=O) groups excluding carboxylic acids is 1. The summed E-state index contributed by atoms with van der Waals surface area (Å²) in [6.45, 7) is 2.42. The first-order valence-electron chi connectivity index (χ1n) is 9.40. The number of rotatable bonds is 4. The van der Waals surface area contributed by atoms with Crippen LogP contribution in [-0.2, 0) is 13.0 Å². The SMILES string of the molecule is C#CCn1c(=NC(=O)c2ccc(Cc3ccccc3)cc2)sc2cccc(C)c21. The lowest BCUT2D eigenvalue weighted by molar-refractivity contribution is 0.0998. The van der Waals surface area contributed by atoms with Crippen molar-refractivity contribution in [2.45, 2.75) is 19.9 Å². The number of terminal acetylenes is 1. The number of benzene rings is 3. The Morgan fingerprint density at radius 3 is 2.45 bits per heavy atom. The van der Waals surface area contributed by atoms with Crippen molar-refractivity contribution in [1.82, 2.24) is 4.57 Å². The number of hydrogen-bond donors (Lipinski definition) is 0. The van der Waals surface area contributed by atoms with E-state index in [1.807, 2.05) is 72.2 Å². The molecule has 1 aromatic heterocycles. The molecule has 3 aromatic carbocycles. The first-order valence-corrected chi connectivity index (χ1v) is 10.2. The summed E-state index contributed by atoms with van der Waals surface area (Å²) in [5, 5.41) is 0. The largest absolute Gasteiger partial charge is 0.304 e. The monoisotopic (exact) mass is 396 g/mol. The molecule has 0 aliphatic heterocycles. The zero-order chi connectivity index (χ0) is 20.2. The van der Waals surface area contributed by atoms with Gasteiger partial charge in [-0.15, -0.1) is 6.42 Å². The fourth-order valence-corrected chi connectivity index (χ4v) is 4.48. The fourth-order valence-electron chi connectivity index (χ4n) is 3.38. The zero-order valence-electron chi connectivity index (χ0n) is 16.1. The van der Waals surface area contributed by atoms with Gasteiger partial charge in [-0.25, -0.2) is 0 Å². The second kappa shape index (κ2) is 8.30. The molecule has 0 aliphatic rings. The van der Waals surface area contributed by atoms with Crippen LogP contribution in [0, 0.1) is 19.3 Å². The van der Waals surface area contributed by atoms with E-state index < -0.39 is 0 Å². The van der Waals surface area contributed by atoms with Gasteiger partial charge in [0.05, 0.1) is 16.8 Å². The molecule has 0 aliphatic carbocycles. The lowest BCUT2D eigenvalue weighted by atomic mass is 10.0. The quantitative estimate of drug-likeness (QED) is 0.448. The van der Waals surface area contributed by atoms with E-state index in [1.54, 1.807) is 0 Å². The minimum absolute atomic E-state index is 0.258. The van der Waals surface area contributed by atoms with Crippen molar-refractivity contribution in [3.63, 3.8) is 0 Å². The fraction of sp³-hybridized carbons (Fsp3) is 0.120. The van der Waals surface area contributed by atoms with Gasteiger partial charge in [-0.2, -0.15) is 4.99 Å². The van der Waals surface area contributed by atoms with Crippen LogP contribution < -0.4 is 4.80 Å². The number of aryl methyl sites for hydroxylation is 1. The third-order valence-corrected chi connectivity index (χ3v) is 5.84. The van der Waals surface area contributed by atoms with Gasteiger partial charge in [0.1, 0.15) is 0 Å². The molecule has 0 saturated carbocycles. The van der Waals surface area contributed by atoms with Gasteiger partial charge >= 0.3 is 0 Å². The summed E-state index contributed by atoms with van der Waals surface area (Å²) in [6, 6.07) is 24.0. The van der Waals surface area contributed by atoms with Crippen molar-refractivity contribution < 1.29 is 4.79 Å². The molecule has 0 N–H and O–H groups in total. The van der Waals surface area contributed by atoms with Crippen LogP contribution in [0.5, 0.6) is 0 Å². The average Bonchev–Trinajstić information content (AvgIpc) is 3.08. The summed E-state index contributed by atoms with van der Waals surface area (Å²) in [6.07, 6.45) is 6.40. The molecule has 4 aromatic rings. The van der Waals surface area contributed by atoms with Gasteiger partial charge in [0.2, 0.25) is 0 Å². The molecular weight excluding hydrogens is 376 g/mol. The summed E-state index contributed by atoms with van der Waals surface area (Å²) in [5.74, 6) is 2.41. The number of nitrogens with zero attached hydrogens (tertiary/aromatic N) is 2. The number of para-hydroxylation sites is 1. The first-order chi connectivity index (χ1) is 14.2. The number of fused-ring (bicyclic) bond motifs is 1. The van der Waals surface area contributed by atoms with Crippen LogP contribution in [0.25, 0.3) is 10.2 Å². The van der Waals surface area contributed by atoms with Gasteiger partial charge < -0.3 is 4.57 Å². The Labute approximate surface area is 174 Å². The molecule has 0 fully saturated rings. The first kappa shape index (κ1) is 18.9. The van der Waals surface area contributed by atoms with E-state index in [0.29, 0.717) is 16.9 Å². The maximum absolute atomic E-state index is 12.8. The van der Waals surface area contributed by atoms with Gasteiger partial charge in [0.15, 0.2) is 4.80 Å². The molecule has 0 bridgehead atoms. The van der Waals surface area contributed by atoms with Gasteiger partial charge in [0.25, 0.3) is 5.91 Å². The Balaban J connectivity index is 1.65. The Bertz CT molecular complexity index is 1270. The molecule has 3 nitrogen and oxygen atoms in total. The number of amides is 1. The number of carbonyl (C=O) groups is 1. The highest BCUT2D eigenvalue weighted by atomic mass is 32.1. The number of thiazole rings is 1. The molecule has 142 valence electrons. The lowest BCUT2D eigenvalue weighted by Crippen LogP contribution is -2.16. The van der Waals surface area contributed by atoms with Crippen molar-refractivity contribution >= 4 is 27.5 Å². The summed E-state index contributed by atoms with van der Waals surface area (Å²) < 4.78 is 3.02. The maximum atomic E-state index is 12.8. The lowest BCUT2D eigenvalue weighted by Gasteiger charge is -2.04. The van der Waals surface area contributed by atoms with Crippen LogP contribution in [-0.4, -0.2) is 10.5 Å². The molecule has 4 rings (SSSR count). The van der Waals surface area contributed by atoms with E-state index >= 15 is 0 Å². The van der Waals surface area contributed by atoms with E-state index in [0.717, 1.165) is 27.8 Å². The minimum atomic E-state index is -0.258. The van der Waals surface area contributed by atoms with Crippen molar-refractivity contribution in [3.8, 4) is 12.3 Å². The van der Waals surface area contributed by atoms with Gasteiger partial charge in [-0.05, 0) is 48.2 Å². The van der Waals surface area contributed by atoms with Crippen LogP contribution in [0.4, 0.5) is 0 Å². The average molecular weight is 397 g/mol. The smallest absolute Gasteiger partial charge is 0.279 e. The Kier molecular flexibility index (Phi) is 5.41. The molecule has 0 unspecified atom stereocenters. The second-order valence-electron chi connectivity index (χ2n) is 6.87. The minimum Gasteiger partial charge on any atom is -0.304 e. The Morgan fingerprint density at radius 2 is 1.72 bits per heavy atom. The predicted octanol–water partition coefficient (Wildman–Crippen LogP) is 4.98. The molecule has 29 heavy (non-hydrogen) atoms. The van der Waals surface area contributed by atoms with Crippen molar-refractivity contribution in [2.24, 2.45) is 4.99 Å². The normalized spacial score (nSPS) is 11.5. The highest BCUT2D eigenvalue weighted by molar-refractivity contribution is 7.16. The van der Waals surface area contributed by atoms with Crippen LogP contribution in [0.3, 0.4) is 0 Å².